The van der Waals surface area contributed by atoms with Crippen molar-refractivity contribution in [2.45, 2.75) is 117 Å². The highest BCUT2D eigenvalue weighted by Gasteiger charge is 2.14. The molecule has 0 N–H and O–H groups in total. The normalized spacial score (nSPS) is 12.0. The van der Waals surface area contributed by atoms with Gasteiger partial charge >= 0.3 is 11.9 Å². The number of carbonyl (C=O) groups excluding carboxylic acids is 2. The molecule has 0 aliphatic carbocycles. The molecule has 0 radical (unpaired) electrons. The predicted octanol–water partition coefficient (Wildman–Crippen LogP) is 5.98. The van der Waals surface area contributed by atoms with E-state index < -0.39 is 12.1 Å². The van der Waals surface area contributed by atoms with E-state index in [2.05, 4.69) is 6.92 Å². The fourth-order valence-electron chi connectivity index (χ4n) is 3.17. The van der Waals surface area contributed by atoms with E-state index in [1.54, 1.807) is 0 Å². The predicted molar refractivity (Wildman–Crippen MR) is 113 cm³/mol. The second kappa shape index (κ2) is 20.6. The number of hydrogen-bond acceptors (Lipinski definition) is 5. The van der Waals surface area contributed by atoms with Crippen LogP contribution in [0.5, 0.6) is 0 Å². The minimum Gasteiger partial charge on any atom is -0.462 e. The van der Waals surface area contributed by atoms with Gasteiger partial charge in [-0.1, -0.05) is 90.4 Å². The zero-order chi connectivity index (χ0) is 20.9. The standard InChI is InChI=1S/C23H44O5/c1-4-5-6-7-8-9-10-11-12-13-14-15-16-17-18-26-19-23(28-22(3)25)20-27-21(2)24/h23H,4-20H2,1-3H3/t23-/m0/s1. The van der Waals surface area contributed by atoms with Gasteiger partial charge in [0.1, 0.15) is 6.61 Å². The van der Waals surface area contributed by atoms with Crippen molar-refractivity contribution in [1.29, 1.82) is 0 Å². The number of esters is 2. The molecule has 0 aliphatic heterocycles. The van der Waals surface area contributed by atoms with Crippen LogP contribution < -0.4 is 0 Å². The zero-order valence-corrected chi connectivity index (χ0v) is 18.6. The third-order valence-corrected chi connectivity index (χ3v) is 4.75. The summed E-state index contributed by atoms with van der Waals surface area (Å²) in [4.78, 5) is 21.9. The van der Waals surface area contributed by atoms with Gasteiger partial charge in [0, 0.05) is 20.5 Å². The molecule has 0 fully saturated rings. The summed E-state index contributed by atoms with van der Waals surface area (Å²) in [7, 11) is 0. The van der Waals surface area contributed by atoms with Gasteiger partial charge in [-0.3, -0.25) is 9.59 Å². The van der Waals surface area contributed by atoms with Crippen LogP contribution in [0.15, 0.2) is 0 Å². The van der Waals surface area contributed by atoms with Crippen molar-refractivity contribution < 1.29 is 23.8 Å². The summed E-state index contributed by atoms with van der Waals surface area (Å²) in [6.45, 7) is 5.91. The molecule has 0 saturated heterocycles. The first kappa shape index (κ1) is 26.9. The number of ether oxygens (including phenoxy) is 3. The molecule has 166 valence electrons. The summed E-state index contributed by atoms with van der Waals surface area (Å²) in [5, 5.41) is 0. The van der Waals surface area contributed by atoms with E-state index in [1.807, 2.05) is 0 Å². The minimum atomic E-state index is -0.520. The first-order valence-corrected chi connectivity index (χ1v) is 11.4. The van der Waals surface area contributed by atoms with Crippen LogP contribution in [-0.2, 0) is 23.8 Å². The van der Waals surface area contributed by atoms with Gasteiger partial charge in [0.15, 0.2) is 6.10 Å². The number of rotatable bonds is 20. The maximum absolute atomic E-state index is 11.1. The summed E-state index contributed by atoms with van der Waals surface area (Å²) in [5.41, 5.74) is 0. The van der Waals surface area contributed by atoms with Crippen LogP contribution in [0.3, 0.4) is 0 Å². The largest absolute Gasteiger partial charge is 0.462 e. The Balaban J connectivity index is 3.37. The molecule has 0 aromatic rings. The summed E-state index contributed by atoms with van der Waals surface area (Å²) in [6, 6.07) is 0. The second-order valence-electron chi connectivity index (χ2n) is 7.71. The average molecular weight is 401 g/mol. The third kappa shape index (κ3) is 21.2. The van der Waals surface area contributed by atoms with Crippen molar-refractivity contribution in [3.8, 4) is 0 Å². The molecule has 0 bridgehead atoms. The summed E-state index contributed by atoms with van der Waals surface area (Å²) < 4.78 is 15.5. The van der Waals surface area contributed by atoms with Gasteiger partial charge in [-0.05, 0) is 6.42 Å². The van der Waals surface area contributed by atoms with Crippen molar-refractivity contribution in [2.24, 2.45) is 0 Å². The molecule has 0 amide bonds. The third-order valence-electron chi connectivity index (χ3n) is 4.75. The number of unbranched alkanes of at least 4 members (excludes halogenated alkanes) is 13. The van der Waals surface area contributed by atoms with Gasteiger partial charge in [-0.25, -0.2) is 0 Å². The Hall–Kier alpha value is -1.10. The lowest BCUT2D eigenvalue weighted by molar-refractivity contribution is -0.159. The molecule has 0 heterocycles. The maximum atomic E-state index is 11.1. The van der Waals surface area contributed by atoms with Crippen molar-refractivity contribution in [2.75, 3.05) is 19.8 Å². The van der Waals surface area contributed by atoms with E-state index >= 15 is 0 Å². The second-order valence-corrected chi connectivity index (χ2v) is 7.71. The fourth-order valence-corrected chi connectivity index (χ4v) is 3.17. The Morgan fingerprint density at radius 3 is 1.54 bits per heavy atom. The van der Waals surface area contributed by atoms with Crippen LogP contribution >= 0.6 is 0 Å². The van der Waals surface area contributed by atoms with E-state index in [0.29, 0.717) is 6.61 Å². The van der Waals surface area contributed by atoms with Gasteiger partial charge in [-0.2, -0.15) is 0 Å². The lowest BCUT2D eigenvalue weighted by Crippen LogP contribution is -2.28. The van der Waals surface area contributed by atoms with Gasteiger partial charge in [-0.15, -0.1) is 0 Å². The Morgan fingerprint density at radius 2 is 1.11 bits per heavy atom. The Morgan fingerprint density at radius 1 is 0.643 bits per heavy atom. The minimum absolute atomic E-state index is 0.0493. The molecule has 0 aliphatic rings. The highest BCUT2D eigenvalue weighted by atomic mass is 16.6. The summed E-state index contributed by atoms with van der Waals surface area (Å²) in [6.07, 6.45) is 18.1. The monoisotopic (exact) mass is 400 g/mol. The van der Waals surface area contributed by atoms with E-state index in [0.717, 1.165) is 6.42 Å². The summed E-state index contributed by atoms with van der Waals surface area (Å²) in [5.74, 6) is -0.777. The van der Waals surface area contributed by atoms with Gasteiger partial charge < -0.3 is 14.2 Å². The van der Waals surface area contributed by atoms with Gasteiger partial charge in [0.05, 0.1) is 6.61 Å². The Bertz CT molecular complexity index is 370. The maximum Gasteiger partial charge on any atom is 0.303 e. The molecule has 0 aromatic heterocycles. The zero-order valence-electron chi connectivity index (χ0n) is 18.6. The molecule has 5 heteroatoms. The topological polar surface area (TPSA) is 61.8 Å². The van der Waals surface area contributed by atoms with Gasteiger partial charge in [0.25, 0.3) is 0 Å². The lowest BCUT2D eigenvalue weighted by Gasteiger charge is -2.16. The van der Waals surface area contributed by atoms with Crippen molar-refractivity contribution in [1.82, 2.24) is 0 Å². The van der Waals surface area contributed by atoms with Crippen LogP contribution in [0.1, 0.15) is 111 Å². The highest BCUT2D eigenvalue weighted by molar-refractivity contribution is 5.67. The molecule has 1 atom stereocenters. The average Bonchev–Trinajstić information content (AvgIpc) is 2.65. The fraction of sp³-hybridized carbons (Fsp3) is 0.913. The van der Waals surface area contributed by atoms with Crippen molar-refractivity contribution >= 4 is 11.9 Å². The van der Waals surface area contributed by atoms with E-state index in [4.69, 9.17) is 14.2 Å². The SMILES string of the molecule is CCCCCCCCCCCCCCCCOC[C@@H](COC(C)=O)OC(C)=O. The molecule has 0 saturated carbocycles. The molecule has 5 nitrogen and oxygen atoms in total. The van der Waals surface area contributed by atoms with Crippen LogP contribution in [0, 0.1) is 0 Å². The van der Waals surface area contributed by atoms with E-state index in [-0.39, 0.29) is 19.2 Å². The van der Waals surface area contributed by atoms with Crippen LogP contribution in [-0.4, -0.2) is 37.9 Å². The number of carbonyl (C=O) groups is 2. The van der Waals surface area contributed by atoms with Crippen molar-refractivity contribution in [3.63, 3.8) is 0 Å². The smallest absolute Gasteiger partial charge is 0.303 e. The number of hydrogen-bond donors (Lipinski definition) is 0. The lowest BCUT2D eigenvalue weighted by atomic mass is 10.0. The van der Waals surface area contributed by atoms with E-state index in [1.165, 1.54) is 97.3 Å². The highest BCUT2D eigenvalue weighted by Crippen LogP contribution is 2.13. The van der Waals surface area contributed by atoms with Crippen molar-refractivity contribution in [3.05, 3.63) is 0 Å². The first-order chi connectivity index (χ1) is 13.6. The molecule has 0 aromatic carbocycles. The van der Waals surface area contributed by atoms with Crippen LogP contribution in [0.2, 0.25) is 0 Å². The molecular formula is C23H44O5. The molecular weight excluding hydrogens is 356 g/mol. The quantitative estimate of drug-likeness (QED) is 0.186. The summed E-state index contributed by atoms with van der Waals surface area (Å²) >= 11 is 0. The van der Waals surface area contributed by atoms with Gasteiger partial charge in [0.2, 0.25) is 0 Å². The Labute approximate surface area is 172 Å². The van der Waals surface area contributed by atoms with Crippen LogP contribution in [0.4, 0.5) is 0 Å². The molecule has 0 unspecified atom stereocenters. The molecule has 0 rings (SSSR count). The molecule has 28 heavy (non-hydrogen) atoms. The van der Waals surface area contributed by atoms with E-state index in [9.17, 15) is 9.59 Å². The van der Waals surface area contributed by atoms with Crippen LogP contribution in [0.25, 0.3) is 0 Å². The Kier molecular flexibility index (Phi) is 19.8. The molecule has 0 spiro atoms. The first-order valence-electron chi connectivity index (χ1n) is 11.4.